The van der Waals surface area contributed by atoms with E-state index in [0.717, 1.165) is 37.5 Å². The van der Waals surface area contributed by atoms with Gasteiger partial charge < -0.3 is 14.4 Å². The highest BCUT2D eigenvalue weighted by molar-refractivity contribution is 5.42. The average Bonchev–Trinajstić information content (AvgIpc) is 3.11. The molecule has 2 aromatic rings. The van der Waals surface area contributed by atoms with Gasteiger partial charge in [-0.2, -0.15) is 0 Å². The number of halogens is 2. The zero-order chi connectivity index (χ0) is 22.0. The highest BCUT2D eigenvalue weighted by Crippen LogP contribution is 2.48. The molecule has 1 aromatic carbocycles. The van der Waals surface area contributed by atoms with Crippen LogP contribution in [-0.2, 0) is 0 Å². The Morgan fingerprint density at radius 1 is 1.23 bits per heavy atom. The first kappa shape index (κ1) is 21.6. The standard InChI is InChI=1S/C25H30F2N2O2/c1-17(2)12-18(3)19-4-6-21(7-5-19)31-23-10-11-29(15-23)24-9-8-22(14-28-24)30-16-20-13-25(20,26)27/h4-9,14,18,20,23H,1,10-13,15-16H2,2-3H3/t18-,20?,23?/m1/s1. The molecule has 1 aromatic heterocycles. The predicted molar refractivity (Wildman–Crippen MR) is 118 cm³/mol. The summed E-state index contributed by atoms with van der Waals surface area (Å²) in [5, 5.41) is 0. The van der Waals surface area contributed by atoms with E-state index >= 15 is 0 Å². The van der Waals surface area contributed by atoms with Crippen LogP contribution < -0.4 is 14.4 Å². The summed E-state index contributed by atoms with van der Waals surface area (Å²) in [5.41, 5.74) is 2.48. The molecule has 6 heteroatoms. The van der Waals surface area contributed by atoms with Gasteiger partial charge in [0.25, 0.3) is 5.92 Å². The van der Waals surface area contributed by atoms with Gasteiger partial charge in [0.15, 0.2) is 0 Å². The molecule has 1 aliphatic heterocycles. The zero-order valence-electron chi connectivity index (χ0n) is 18.2. The number of alkyl halides is 2. The number of hydrogen-bond acceptors (Lipinski definition) is 4. The topological polar surface area (TPSA) is 34.6 Å². The lowest BCUT2D eigenvalue weighted by Crippen LogP contribution is -2.25. The second kappa shape index (κ2) is 8.85. The van der Waals surface area contributed by atoms with Crippen molar-refractivity contribution in [3.8, 4) is 11.5 Å². The van der Waals surface area contributed by atoms with Crippen molar-refractivity contribution in [1.29, 1.82) is 0 Å². The number of hydrogen-bond donors (Lipinski definition) is 0. The van der Waals surface area contributed by atoms with E-state index in [4.69, 9.17) is 9.47 Å². The molecule has 2 fully saturated rings. The Balaban J connectivity index is 1.26. The molecule has 0 N–H and O–H groups in total. The Bertz CT molecular complexity index is 899. The SMILES string of the molecule is C=C(C)C[C@@H](C)c1ccc(OC2CCN(c3ccc(OCC4CC4(F)F)cn3)C2)cc1. The molecule has 2 aliphatic rings. The molecular weight excluding hydrogens is 398 g/mol. The molecule has 3 atom stereocenters. The van der Waals surface area contributed by atoms with Crippen LogP contribution in [0.25, 0.3) is 0 Å². The van der Waals surface area contributed by atoms with E-state index in [-0.39, 0.29) is 19.1 Å². The molecule has 4 rings (SSSR count). The summed E-state index contributed by atoms with van der Waals surface area (Å²) < 4.78 is 37.5. The number of ether oxygens (including phenoxy) is 2. The molecule has 4 nitrogen and oxygen atoms in total. The number of benzene rings is 1. The minimum absolute atomic E-state index is 0.0401. The molecule has 0 spiro atoms. The molecule has 0 amide bonds. The largest absolute Gasteiger partial charge is 0.491 e. The van der Waals surface area contributed by atoms with Crippen molar-refractivity contribution in [1.82, 2.24) is 4.98 Å². The van der Waals surface area contributed by atoms with Crippen molar-refractivity contribution in [2.45, 2.75) is 51.1 Å². The summed E-state index contributed by atoms with van der Waals surface area (Å²) in [6.45, 7) is 9.93. The maximum Gasteiger partial charge on any atom is 0.255 e. The number of pyridine rings is 1. The minimum Gasteiger partial charge on any atom is -0.491 e. The number of rotatable bonds is 9. The first-order valence-electron chi connectivity index (χ1n) is 10.9. The number of aromatic nitrogens is 1. The molecule has 0 radical (unpaired) electrons. The Kier molecular flexibility index (Phi) is 6.17. The lowest BCUT2D eigenvalue weighted by atomic mass is 9.95. The van der Waals surface area contributed by atoms with Crippen LogP contribution in [0.15, 0.2) is 54.7 Å². The summed E-state index contributed by atoms with van der Waals surface area (Å²) >= 11 is 0. The molecular formula is C25H30F2N2O2. The summed E-state index contributed by atoms with van der Waals surface area (Å²) in [6.07, 6.45) is 3.54. The molecule has 31 heavy (non-hydrogen) atoms. The van der Waals surface area contributed by atoms with E-state index in [9.17, 15) is 8.78 Å². The van der Waals surface area contributed by atoms with Gasteiger partial charge in [0, 0.05) is 19.4 Å². The van der Waals surface area contributed by atoms with E-state index in [1.54, 1.807) is 12.3 Å². The predicted octanol–water partition coefficient (Wildman–Crippen LogP) is 5.84. The fourth-order valence-corrected chi connectivity index (χ4v) is 4.03. The monoisotopic (exact) mass is 428 g/mol. The average molecular weight is 429 g/mol. The van der Waals surface area contributed by atoms with Gasteiger partial charge in [0.1, 0.15) is 23.4 Å². The molecule has 166 valence electrons. The van der Waals surface area contributed by atoms with Crippen molar-refractivity contribution < 1.29 is 18.3 Å². The zero-order valence-corrected chi connectivity index (χ0v) is 18.2. The Morgan fingerprint density at radius 2 is 1.94 bits per heavy atom. The Hall–Kier alpha value is -2.63. The minimum atomic E-state index is -2.55. The summed E-state index contributed by atoms with van der Waals surface area (Å²) in [4.78, 5) is 6.62. The Morgan fingerprint density at radius 3 is 2.55 bits per heavy atom. The van der Waals surface area contributed by atoms with Crippen molar-refractivity contribution in [2.24, 2.45) is 5.92 Å². The summed E-state index contributed by atoms with van der Waals surface area (Å²) in [7, 11) is 0. The quantitative estimate of drug-likeness (QED) is 0.470. The summed E-state index contributed by atoms with van der Waals surface area (Å²) in [6, 6.07) is 12.0. The molecule has 2 unspecified atom stereocenters. The lowest BCUT2D eigenvalue weighted by molar-refractivity contribution is 0.0855. The summed E-state index contributed by atoms with van der Waals surface area (Å²) in [5.74, 6) is -0.508. The molecule has 2 heterocycles. The third-order valence-corrected chi connectivity index (χ3v) is 6.00. The lowest BCUT2D eigenvalue weighted by Gasteiger charge is -2.19. The van der Waals surface area contributed by atoms with Crippen molar-refractivity contribution in [3.63, 3.8) is 0 Å². The van der Waals surface area contributed by atoms with Crippen LogP contribution in [0.4, 0.5) is 14.6 Å². The van der Waals surface area contributed by atoms with Crippen LogP contribution in [-0.4, -0.2) is 36.7 Å². The van der Waals surface area contributed by atoms with E-state index in [1.165, 1.54) is 11.1 Å². The molecule has 0 bridgehead atoms. The van der Waals surface area contributed by atoms with E-state index < -0.39 is 11.8 Å². The first-order chi connectivity index (χ1) is 14.8. The number of anilines is 1. The van der Waals surface area contributed by atoms with Crippen molar-refractivity contribution >= 4 is 5.82 Å². The van der Waals surface area contributed by atoms with Crippen molar-refractivity contribution in [3.05, 3.63) is 60.3 Å². The molecule has 1 aliphatic carbocycles. The van der Waals surface area contributed by atoms with Gasteiger partial charge in [-0.1, -0.05) is 24.6 Å². The van der Waals surface area contributed by atoms with Gasteiger partial charge in [-0.25, -0.2) is 13.8 Å². The van der Waals surface area contributed by atoms with Crippen LogP contribution in [0.3, 0.4) is 0 Å². The van der Waals surface area contributed by atoms with Gasteiger partial charge >= 0.3 is 0 Å². The van der Waals surface area contributed by atoms with Gasteiger partial charge in [-0.05, 0) is 49.1 Å². The van der Waals surface area contributed by atoms with Crippen LogP contribution in [0, 0.1) is 5.92 Å². The third-order valence-electron chi connectivity index (χ3n) is 6.00. The first-order valence-corrected chi connectivity index (χ1v) is 10.9. The highest BCUT2D eigenvalue weighted by Gasteiger charge is 2.57. The number of nitrogens with zero attached hydrogens (tertiary/aromatic N) is 2. The second-order valence-corrected chi connectivity index (χ2v) is 8.93. The van der Waals surface area contributed by atoms with Crippen LogP contribution in [0.1, 0.15) is 44.6 Å². The highest BCUT2D eigenvalue weighted by atomic mass is 19.3. The maximum atomic E-state index is 12.9. The Labute approximate surface area is 182 Å². The fraction of sp³-hybridized carbons (Fsp3) is 0.480. The van der Waals surface area contributed by atoms with Crippen LogP contribution >= 0.6 is 0 Å². The maximum absolute atomic E-state index is 12.9. The molecule has 1 saturated heterocycles. The second-order valence-electron chi connectivity index (χ2n) is 8.93. The fourth-order valence-electron chi connectivity index (χ4n) is 4.03. The number of allylic oxidation sites excluding steroid dienone is 1. The van der Waals surface area contributed by atoms with Gasteiger partial charge in [0.05, 0.1) is 25.3 Å². The normalized spacial score (nSPS) is 22.8. The van der Waals surface area contributed by atoms with E-state index in [0.29, 0.717) is 11.7 Å². The van der Waals surface area contributed by atoms with Gasteiger partial charge in [0.2, 0.25) is 0 Å². The van der Waals surface area contributed by atoms with E-state index in [1.807, 2.05) is 18.2 Å². The smallest absolute Gasteiger partial charge is 0.255 e. The third kappa shape index (κ3) is 5.54. The molecule has 1 saturated carbocycles. The van der Waals surface area contributed by atoms with Gasteiger partial charge in [-0.3, -0.25) is 0 Å². The van der Waals surface area contributed by atoms with Crippen molar-refractivity contribution in [2.75, 3.05) is 24.6 Å². The van der Waals surface area contributed by atoms with E-state index in [2.05, 4.69) is 42.4 Å². The van der Waals surface area contributed by atoms with Crippen LogP contribution in [0.2, 0.25) is 0 Å². The van der Waals surface area contributed by atoms with Crippen LogP contribution in [0.5, 0.6) is 11.5 Å². The van der Waals surface area contributed by atoms with Gasteiger partial charge in [-0.15, -0.1) is 6.58 Å².